The van der Waals surface area contributed by atoms with Gasteiger partial charge in [-0.3, -0.25) is 4.79 Å². The van der Waals surface area contributed by atoms with Crippen molar-refractivity contribution in [1.29, 1.82) is 0 Å². The maximum absolute atomic E-state index is 10.6. The van der Waals surface area contributed by atoms with Crippen LogP contribution in [0.15, 0.2) is 0 Å². The second-order valence-electron chi connectivity index (χ2n) is 4.00. The van der Waals surface area contributed by atoms with E-state index in [-0.39, 0.29) is 5.91 Å². The van der Waals surface area contributed by atoms with Gasteiger partial charge in [0, 0.05) is 37.5 Å². The number of carbonyl (C=O) groups excluding carboxylic acids is 1. The number of amides is 1. The van der Waals surface area contributed by atoms with Crippen molar-refractivity contribution >= 4 is 22.6 Å². The van der Waals surface area contributed by atoms with Gasteiger partial charge in [-0.2, -0.15) is 4.37 Å². The van der Waals surface area contributed by atoms with Crippen LogP contribution in [0.1, 0.15) is 37.9 Å². The average molecular weight is 240 g/mol. The Morgan fingerprint density at radius 3 is 3.00 bits per heavy atom. The molecule has 2 N–H and O–H groups in total. The fourth-order valence-electron chi connectivity index (χ4n) is 1.36. The summed E-state index contributed by atoms with van der Waals surface area (Å²) in [6.07, 6.45) is 3.37. The van der Waals surface area contributed by atoms with Gasteiger partial charge in [0.05, 0.1) is 0 Å². The van der Waals surface area contributed by atoms with E-state index in [2.05, 4.69) is 20.0 Å². The number of nitrogens with one attached hydrogen (secondary N) is 2. The Balaban J connectivity index is 1.63. The van der Waals surface area contributed by atoms with Gasteiger partial charge in [-0.15, -0.1) is 0 Å². The monoisotopic (exact) mass is 240 g/mol. The van der Waals surface area contributed by atoms with E-state index >= 15 is 0 Å². The number of aromatic nitrogens is 2. The summed E-state index contributed by atoms with van der Waals surface area (Å²) in [5.74, 6) is 1.63. The Morgan fingerprint density at radius 2 is 2.31 bits per heavy atom. The molecule has 1 fully saturated rings. The molecule has 0 aliphatic heterocycles. The molecule has 1 aromatic rings. The number of rotatable bonds is 6. The van der Waals surface area contributed by atoms with Gasteiger partial charge in [0.15, 0.2) is 0 Å². The van der Waals surface area contributed by atoms with Gasteiger partial charge in [-0.25, -0.2) is 4.98 Å². The Kier molecular flexibility index (Phi) is 3.71. The van der Waals surface area contributed by atoms with Gasteiger partial charge < -0.3 is 10.6 Å². The highest BCUT2D eigenvalue weighted by Gasteiger charge is 2.27. The molecule has 16 heavy (non-hydrogen) atoms. The lowest BCUT2D eigenvalue weighted by molar-refractivity contribution is -0.118. The van der Waals surface area contributed by atoms with Crippen LogP contribution in [0, 0.1) is 0 Å². The largest absolute Gasteiger partial charge is 0.360 e. The van der Waals surface area contributed by atoms with Crippen LogP contribution < -0.4 is 10.6 Å². The summed E-state index contributed by atoms with van der Waals surface area (Å²) in [4.78, 5) is 15.0. The molecule has 1 saturated carbocycles. The van der Waals surface area contributed by atoms with Crippen LogP contribution in [-0.2, 0) is 4.79 Å². The first-order valence-electron chi connectivity index (χ1n) is 5.57. The number of hydrogen-bond acceptors (Lipinski definition) is 5. The topological polar surface area (TPSA) is 66.9 Å². The van der Waals surface area contributed by atoms with Crippen LogP contribution in [-0.4, -0.2) is 28.4 Å². The first kappa shape index (κ1) is 11.3. The fraction of sp³-hybridized carbons (Fsp3) is 0.700. The van der Waals surface area contributed by atoms with E-state index in [9.17, 15) is 4.79 Å². The van der Waals surface area contributed by atoms with Crippen LogP contribution in [0.4, 0.5) is 5.13 Å². The third kappa shape index (κ3) is 3.44. The normalized spacial score (nSPS) is 14.8. The standard InChI is InChI=1S/C10H16N4OS/c1-7(15)11-5-2-6-12-10-13-9(14-16-10)8-3-4-8/h8H,2-6H2,1H3,(H,11,15)(H,12,13,14). The summed E-state index contributed by atoms with van der Waals surface area (Å²) in [6, 6.07) is 0. The molecule has 1 amide bonds. The molecule has 0 spiro atoms. The van der Waals surface area contributed by atoms with Crippen molar-refractivity contribution in [2.45, 2.75) is 32.1 Å². The molecular formula is C10H16N4OS. The van der Waals surface area contributed by atoms with E-state index in [1.165, 1.54) is 31.3 Å². The maximum Gasteiger partial charge on any atom is 0.216 e. The van der Waals surface area contributed by atoms with Crippen molar-refractivity contribution in [3.05, 3.63) is 5.82 Å². The molecule has 0 radical (unpaired) electrons. The molecule has 0 bridgehead atoms. The molecule has 0 aromatic carbocycles. The molecule has 6 heteroatoms. The Labute approximate surface area is 98.8 Å². The molecule has 1 aromatic heterocycles. The Hall–Kier alpha value is -1.17. The van der Waals surface area contributed by atoms with Crippen LogP contribution in [0.3, 0.4) is 0 Å². The summed E-state index contributed by atoms with van der Waals surface area (Å²) in [5, 5.41) is 6.86. The molecule has 1 aliphatic rings. The average Bonchev–Trinajstić information content (AvgIpc) is 2.99. The summed E-state index contributed by atoms with van der Waals surface area (Å²) >= 11 is 1.42. The van der Waals surface area contributed by atoms with E-state index in [4.69, 9.17) is 0 Å². The molecule has 5 nitrogen and oxygen atoms in total. The van der Waals surface area contributed by atoms with Crippen molar-refractivity contribution in [3.8, 4) is 0 Å². The van der Waals surface area contributed by atoms with Gasteiger partial charge >= 0.3 is 0 Å². The third-order valence-corrected chi connectivity index (χ3v) is 3.07. The van der Waals surface area contributed by atoms with E-state index in [0.29, 0.717) is 12.5 Å². The second-order valence-corrected chi connectivity index (χ2v) is 4.75. The van der Waals surface area contributed by atoms with Crippen molar-refractivity contribution in [3.63, 3.8) is 0 Å². The van der Waals surface area contributed by atoms with Crippen LogP contribution in [0.2, 0.25) is 0 Å². The molecule has 1 heterocycles. The minimum absolute atomic E-state index is 0.0203. The van der Waals surface area contributed by atoms with Gasteiger partial charge in [-0.1, -0.05) is 0 Å². The predicted molar refractivity (Wildman–Crippen MR) is 63.7 cm³/mol. The SMILES string of the molecule is CC(=O)NCCCNc1nc(C2CC2)ns1. The maximum atomic E-state index is 10.6. The van der Waals surface area contributed by atoms with Gasteiger partial charge in [-0.05, 0) is 19.3 Å². The molecule has 88 valence electrons. The molecule has 2 rings (SSSR count). The van der Waals surface area contributed by atoms with Crippen molar-refractivity contribution in [2.75, 3.05) is 18.4 Å². The zero-order valence-corrected chi connectivity index (χ0v) is 10.1. The van der Waals surface area contributed by atoms with E-state index in [1.807, 2.05) is 0 Å². The summed E-state index contributed by atoms with van der Waals surface area (Å²) in [7, 11) is 0. The lowest BCUT2D eigenvalue weighted by Gasteiger charge is -2.02. The van der Waals surface area contributed by atoms with Crippen LogP contribution in [0.5, 0.6) is 0 Å². The third-order valence-electron chi connectivity index (χ3n) is 2.39. The van der Waals surface area contributed by atoms with E-state index in [0.717, 1.165) is 23.9 Å². The zero-order valence-electron chi connectivity index (χ0n) is 9.32. The van der Waals surface area contributed by atoms with E-state index < -0.39 is 0 Å². The smallest absolute Gasteiger partial charge is 0.216 e. The highest BCUT2D eigenvalue weighted by molar-refractivity contribution is 7.09. The zero-order chi connectivity index (χ0) is 11.4. The number of carbonyl (C=O) groups is 1. The lowest BCUT2D eigenvalue weighted by atomic mass is 10.4. The quantitative estimate of drug-likeness (QED) is 0.737. The van der Waals surface area contributed by atoms with Gasteiger partial charge in [0.1, 0.15) is 5.82 Å². The number of anilines is 1. The highest BCUT2D eigenvalue weighted by Crippen LogP contribution is 2.39. The first-order chi connectivity index (χ1) is 7.75. The number of nitrogens with zero attached hydrogens (tertiary/aromatic N) is 2. The van der Waals surface area contributed by atoms with E-state index in [1.54, 1.807) is 0 Å². The second kappa shape index (κ2) is 5.25. The molecule has 0 atom stereocenters. The molecular weight excluding hydrogens is 224 g/mol. The van der Waals surface area contributed by atoms with Crippen molar-refractivity contribution in [1.82, 2.24) is 14.7 Å². The fourth-order valence-corrected chi connectivity index (χ4v) is 2.03. The first-order valence-corrected chi connectivity index (χ1v) is 6.35. The molecule has 1 aliphatic carbocycles. The summed E-state index contributed by atoms with van der Waals surface area (Å²) in [6.45, 7) is 3.05. The molecule has 0 saturated heterocycles. The minimum Gasteiger partial charge on any atom is -0.360 e. The summed E-state index contributed by atoms with van der Waals surface area (Å²) in [5.41, 5.74) is 0. The summed E-state index contributed by atoms with van der Waals surface area (Å²) < 4.78 is 4.30. The van der Waals surface area contributed by atoms with Crippen LogP contribution >= 0.6 is 11.5 Å². The Morgan fingerprint density at radius 1 is 1.50 bits per heavy atom. The highest BCUT2D eigenvalue weighted by atomic mass is 32.1. The van der Waals surface area contributed by atoms with Gasteiger partial charge in [0.25, 0.3) is 0 Å². The molecule has 0 unspecified atom stereocenters. The van der Waals surface area contributed by atoms with Crippen molar-refractivity contribution in [2.24, 2.45) is 0 Å². The Bertz CT molecular complexity index is 361. The number of hydrogen-bond donors (Lipinski definition) is 2. The van der Waals surface area contributed by atoms with Crippen molar-refractivity contribution < 1.29 is 4.79 Å². The predicted octanol–water partition coefficient (Wildman–Crippen LogP) is 1.35. The van der Waals surface area contributed by atoms with Crippen LogP contribution in [0.25, 0.3) is 0 Å². The minimum atomic E-state index is 0.0203. The van der Waals surface area contributed by atoms with Gasteiger partial charge in [0.2, 0.25) is 11.0 Å². The lowest BCUT2D eigenvalue weighted by Crippen LogP contribution is -2.22.